The zero-order valence-corrected chi connectivity index (χ0v) is 16.0. The van der Waals surface area contributed by atoms with Crippen molar-refractivity contribution in [2.75, 3.05) is 6.61 Å². The standard InChI is InChI=1S/C20H25N3OS/c1-13(2)16-11-25-20(22-16)19-18(15-8-6-5-7-9-15)21-12-23(19)17(10-24)14(3)4/h5-9,11-14,17,24H,10H2,1-4H3/t17-/m1/s1. The van der Waals surface area contributed by atoms with E-state index < -0.39 is 0 Å². The maximum atomic E-state index is 9.93. The van der Waals surface area contributed by atoms with Gasteiger partial charge in [0.1, 0.15) is 10.7 Å². The predicted octanol–water partition coefficient (Wildman–Crippen LogP) is 4.99. The highest BCUT2D eigenvalue weighted by Crippen LogP contribution is 2.37. The maximum absolute atomic E-state index is 9.93. The Balaban J connectivity index is 2.19. The summed E-state index contributed by atoms with van der Waals surface area (Å²) in [6.07, 6.45) is 1.84. The lowest BCUT2D eigenvalue weighted by atomic mass is 10.0. The van der Waals surface area contributed by atoms with Crippen molar-refractivity contribution < 1.29 is 5.11 Å². The second-order valence-corrected chi connectivity index (χ2v) is 7.80. The Morgan fingerprint density at radius 1 is 1.12 bits per heavy atom. The molecule has 1 aromatic carbocycles. The number of imidazole rings is 1. The summed E-state index contributed by atoms with van der Waals surface area (Å²) in [5.74, 6) is 0.686. The van der Waals surface area contributed by atoms with Crippen molar-refractivity contribution >= 4 is 11.3 Å². The van der Waals surface area contributed by atoms with E-state index in [0.717, 1.165) is 27.7 Å². The lowest BCUT2D eigenvalue weighted by molar-refractivity contribution is 0.194. The molecule has 25 heavy (non-hydrogen) atoms. The minimum atomic E-state index is -0.0219. The number of thiazole rings is 1. The topological polar surface area (TPSA) is 50.9 Å². The van der Waals surface area contributed by atoms with Crippen LogP contribution in [0.3, 0.4) is 0 Å². The van der Waals surface area contributed by atoms with E-state index in [1.54, 1.807) is 11.3 Å². The first kappa shape index (κ1) is 17.8. The van der Waals surface area contributed by atoms with Crippen LogP contribution in [-0.4, -0.2) is 26.2 Å². The van der Waals surface area contributed by atoms with Crippen LogP contribution in [0.25, 0.3) is 22.0 Å². The van der Waals surface area contributed by atoms with Gasteiger partial charge in [0.15, 0.2) is 0 Å². The van der Waals surface area contributed by atoms with Crippen molar-refractivity contribution in [2.24, 2.45) is 5.92 Å². The molecule has 0 saturated carbocycles. The molecule has 2 aromatic heterocycles. The normalized spacial score (nSPS) is 12.9. The van der Waals surface area contributed by atoms with Crippen LogP contribution in [0, 0.1) is 5.92 Å². The Morgan fingerprint density at radius 2 is 1.84 bits per heavy atom. The number of benzene rings is 1. The Labute approximate surface area is 153 Å². The average Bonchev–Trinajstić information content (AvgIpc) is 3.22. The predicted molar refractivity (Wildman–Crippen MR) is 104 cm³/mol. The molecule has 1 atom stereocenters. The van der Waals surface area contributed by atoms with Crippen molar-refractivity contribution in [1.82, 2.24) is 14.5 Å². The molecule has 4 nitrogen and oxygen atoms in total. The molecular formula is C20H25N3OS. The summed E-state index contributed by atoms with van der Waals surface area (Å²) in [5, 5.41) is 13.0. The van der Waals surface area contributed by atoms with E-state index in [1.807, 2.05) is 24.5 Å². The van der Waals surface area contributed by atoms with Gasteiger partial charge in [-0.25, -0.2) is 9.97 Å². The number of rotatable bonds is 6. The average molecular weight is 356 g/mol. The van der Waals surface area contributed by atoms with Crippen LogP contribution < -0.4 is 0 Å². The molecule has 0 fully saturated rings. The largest absolute Gasteiger partial charge is 0.394 e. The second-order valence-electron chi connectivity index (χ2n) is 6.94. The monoisotopic (exact) mass is 355 g/mol. The molecule has 0 bridgehead atoms. The van der Waals surface area contributed by atoms with Gasteiger partial charge in [0.05, 0.1) is 30.4 Å². The Bertz CT molecular complexity index is 821. The van der Waals surface area contributed by atoms with E-state index in [-0.39, 0.29) is 12.6 Å². The van der Waals surface area contributed by atoms with Gasteiger partial charge in [-0.1, -0.05) is 58.0 Å². The fraction of sp³-hybridized carbons (Fsp3) is 0.400. The molecule has 0 spiro atoms. The summed E-state index contributed by atoms with van der Waals surface area (Å²) in [4.78, 5) is 9.54. The van der Waals surface area contributed by atoms with Crippen molar-refractivity contribution in [3.63, 3.8) is 0 Å². The first-order valence-corrected chi connectivity index (χ1v) is 9.59. The fourth-order valence-electron chi connectivity index (χ4n) is 2.91. The fourth-order valence-corrected chi connectivity index (χ4v) is 3.94. The minimum Gasteiger partial charge on any atom is -0.394 e. The second kappa shape index (κ2) is 7.50. The first-order valence-electron chi connectivity index (χ1n) is 8.71. The molecule has 0 amide bonds. The zero-order chi connectivity index (χ0) is 18.0. The number of hydrogen-bond donors (Lipinski definition) is 1. The lowest BCUT2D eigenvalue weighted by Gasteiger charge is -2.22. The number of aliphatic hydroxyl groups is 1. The Kier molecular flexibility index (Phi) is 5.35. The highest BCUT2D eigenvalue weighted by atomic mass is 32.1. The van der Waals surface area contributed by atoms with Gasteiger partial charge in [-0.05, 0) is 11.8 Å². The minimum absolute atomic E-state index is 0.0219. The van der Waals surface area contributed by atoms with Gasteiger partial charge in [0, 0.05) is 10.9 Å². The van der Waals surface area contributed by atoms with E-state index in [4.69, 9.17) is 4.98 Å². The third kappa shape index (κ3) is 3.53. The summed E-state index contributed by atoms with van der Waals surface area (Å²) in [6, 6.07) is 10.2. The molecule has 5 heteroatoms. The van der Waals surface area contributed by atoms with Crippen LogP contribution >= 0.6 is 11.3 Å². The zero-order valence-electron chi connectivity index (χ0n) is 15.2. The summed E-state index contributed by atoms with van der Waals surface area (Å²) >= 11 is 1.64. The number of aliphatic hydroxyl groups excluding tert-OH is 1. The number of hydrogen-bond acceptors (Lipinski definition) is 4. The van der Waals surface area contributed by atoms with Crippen molar-refractivity contribution in [3.05, 3.63) is 47.7 Å². The Morgan fingerprint density at radius 3 is 2.40 bits per heavy atom. The van der Waals surface area contributed by atoms with Gasteiger partial charge in [-0.2, -0.15) is 0 Å². The van der Waals surface area contributed by atoms with Gasteiger partial charge in [0.25, 0.3) is 0 Å². The molecule has 0 unspecified atom stereocenters. The van der Waals surface area contributed by atoms with Crippen LogP contribution in [0.4, 0.5) is 0 Å². The number of nitrogens with zero attached hydrogens (tertiary/aromatic N) is 3. The number of aromatic nitrogens is 3. The first-order chi connectivity index (χ1) is 12.0. The molecule has 3 aromatic rings. The molecule has 132 valence electrons. The molecule has 0 saturated heterocycles. The highest BCUT2D eigenvalue weighted by Gasteiger charge is 2.24. The van der Waals surface area contributed by atoms with Crippen LogP contribution in [0.1, 0.15) is 45.3 Å². The SMILES string of the molecule is CC(C)c1csc(-c2c(-c3ccccc3)ncn2[C@H](CO)C(C)C)n1. The van der Waals surface area contributed by atoms with E-state index in [1.165, 1.54) is 0 Å². The maximum Gasteiger partial charge on any atom is 0.142 e. The highest BCUT2D eigenvalue weighted by molar-refractivity contribution is 7.13. The van der Waals surface area contributed by atoms with Crippen LogP contribution in [-0.2, 0) is 0 Å². The third-order valence-electron chi connectivity index (χ3n) is 4.47. The van der Waals surface area contributed by atoms with Crippen LogP contribution in [0.5, 0.6) is 0 Å². The molecular weight excluding hydrogens is 330 g/mol. The van der Waals surface area contributed by atoms with Crippen molar-refractivity contribution in [1.29, 1.82) is 0 Å². The van der Waals surface area contributed by atoms with Gasteiger partial charge in [0.2, 0.25) is 0 Å². The summed E-state index contributed by atoms with van der Waals surface area (Å²) in [5.41, 5.74) is 4.08. The van der Waals surface area contributed by atoms with Gasteiger partial charge >= 0.3 is 0 Å². The van der Waals surface area contributed by atoms with Crippen LogP contribution in [0.2, 0.25) is 0 Å². The Hall–Kier alpha value is -1.98. The lowest BCUT2D eigenvalue weighted by Crippen LogP contribution is -2.19. The molecule has 0 aliphatic carbocycles. The van der Waals surface area contributed by atoms with E-state index >= 15 is 0 Å². The quantitative estimate of drug-likeness (QED) is 0.678. The van der Waals surface area contributed by atoms with E-state index in [9.17, 15) is 5.11 Å². The van der Waals surface area contributed by atoms with Gasteiger partial charge in [-0.3, -0.25) is 0 Å². The van der Waals surface area contributed by atoms with Gasteiger partial charge < -0.3 is 9.67 Å². The van der Waals surface area contributed by atoms with Crippen molar-refractivity contribution in [3.8, 4) is 22.0 Å². The molecule has 0 aliphatic rings. The summed E-state index contributed by atoms with van der Waals surface area (Å²) in [7, 11) is 0. The van der Waals surface area contributed by atoms with Crippen molar-refractivity contribution in [2.45, 2.75) is 39.7 Å². The molecule has 1 N–H and O–H groups in total. The van der Waals surface area contributed by atoms with Gasteiger partial charge in [-0.15, -0.1) is 11.3 Å². The summed E-state index contributed by atoms with van der Waals surface area (Å²) < 4.78 is 2.09. The smallest absolute Gasteiger partial charge is 0.142 e. The van der Waals surface area contributed by atoms with Crippen LogP contribution in [0.15, 0.2) is 42.0 Å². The summed E-state index contributed by atoms with van der Waals surface area (Å²) in [6.45, 7) is 8.62. The molecule has 3 rings (SSSR count). The molecule has 2 heterocycles. The molecule has 0 radical (unpaired) electrons. The van der Waals surface area contributed by atoms with E-state index in [2.05, 4.69) is 54.8 Å². The van der Waals surface area contributed by atoms with E-state index in [0.29, 0.717) is 11.8 Å². The third-order valence-corrected chi connectivity index (χ3v) is 5.34. The molecule has 0 aliphatic heterocycles.